The Morgan fingerprint density at radius 3 is 2.24 bits per heavy atom. The van der Waals surface area contributed by atoms with Gasteiger partial charge in [0.1, 0.15) is 11.5 Å². The Hall–Kier alpha value is -2.34. The van der Waals surface area contributed by atoms with Crippen molar-refractivity contribution in [2.24, 2.45) is 0 Å². The Bertz CT molecular complexity index is 748. The number of amides is 1. The molecule has 1 N–H and O–H groups in total. The molecule has 0 aliphatic rings. The fourth-order valence-corrected chi connectivity index (χ4v) is 2.96. The fraction of sp³-hybridized carbons (Fsp3) is 0.263. The van der Waals surface area contributed by atoms with Crippen LogP contribution in [0.5, 0.6) is 11.5 Å². The van der Waals surface area contributed by atoms with E-state index in [1.165, 1.54) is 0 Å². The van der Waals surface area contributed by atoms with Gasteiger partial charge < -0.3 is 14.8 Å². The molecule has 0 aliphatic heterocycles. The van der Waals surface area contributed by atoms with E-state index in [4.69, 9.17) is 9.47 Å². The van der Waals surface area contributed by atoms with Crippen molar-refractivity contribution in [2.45, 2.75) is 27.2 Å². The van der Waals surface area contributed by atoms with Crippen LogP contribution in [0, 0.1) is 13.8 Å². The number of anilines is 1. The van der Waals surface area contributed by atoms with Gasteiger partial charge in [-0.05, 0) is 61.4 Å². The SMILES string of the molecule is CCC(=O)Nc1ccc(OC(=O)COc2c(C)cc(Br)cc2C)cc1. The molecule has 132 valence electrons. The molecule has 0 saturated heterocycles. The number of carbonyl (C=O) groups excluding carboxylic acids is 2. The Morgan fingerprint density at radius 1 is 1.08 bits per heavy atom. The molecule has 0 radical (unpaired) electrons. The monoisotopic (exact) mass is 405 g/mol. The maximum Gasteiger partial charge on any atom is 0.349 e. The van der Waals surface area contributed by atoms with Gasteiger partial charge in [0.15, 0.2) is 6.61 Å². The molecule has 0 atom stereocenters. The Labute approximate surface area is 155 Å². The Morgan fingerprint density at radius 2 is 1.68 bits per heavy atom. The lowest BCUT2D eigenvalue weighted by atomic mass is 10.1. The molecule has 0 heterocycles. The number of hydrogen-bond acceptors (Lipinski definition) is 4. The highest BCUT2D eigenvalue weighted by molar-refractivity contribution is 9.10. The van der Waals surface area contributed by atoms with Crippen LogP contribution in [-0.4, -0.2) is 18.5 Å². The van der Waals surface area contributed by atoms with E-state index in [1.807, 2.05) is 26.0 Å². The molecular formula is C19H20BrNO4. The van der Waals surface area contributed by atoms with E-state index in [-0.39, 0.29) is 12.5 Å². The molecule has 2 rings (SSSR count). The van der Waals surface area contributed by atoms with Gasteiger partial charge in [-0.15, -0.1) is 0 Å². The quantitative estimate of drug-likeness (QED) is 0.571. The van der Waals surface area contributed by atoms with Gasteiger partial charge in [0.2, 0.25) is 5.91 Å². The molecular weight excluding hydrogens is 386 g/mol. The summed E-state index contributed by atoms with van der Waals surface area (Å²) < 4.78 is 11.8. The Balaban J connectivity index is 1.91. The minimum atomic E-state index is -0.493. The van der Waals surface area contributed by atoms with E-state index in [0.717, 1.165) is 15.6 Å². The van der Waals surface area contributed by atoms with Gasteiger partial charge in [0, 0.05) is 16.6 Å². The van der Waals surface area contributed by atoms with Gasteiger partial charge in [-0.2, -0.15) is 0 Å². The van der Waals surface area contributed by atoms with Crippen molar-refractivity contribution in [1.82, 2.24) is 0 Å². The minimum absolute atomic E-state index is 0.0709. The largest absolute Gasteiger partial charge is 0.481 e. The summed E-state index contributed by atoms with van der Waals surface area (Å²) in [6, 6.07) is 10.5. The number of hydrogen-bond donors (Lipinski definition) is 1. The summed E-state index contributed by atoms with van der Waals surface area (Å²) in [5, 5.41) is 2.73. The number of halogens is 1. The van der Waals surface area contributed by atoms with Crippen LogP contribution in [0.3, 0.4) is 0 Å². The summed E-state index contributed by atoms with van der Waals surface area (Å²) in [6.07, 6.45) is 0.406. The molecule has 0 spiro atoms. The van der Waals surface area contributed by atoms with Crippen molar-refractivity contribution < 1.29 is 19.1 Å². The highest BCUT2D eigenvalue weighted by Crippen LogP contribution is 2.27. The molecule has 2 aromatic carbocycles. The van der Waals surface area contributed by atoms with Gasteiger partial charge in [-0.25, -0.2) is 4.79 Å². The molecule has 5 nitrogen and oxygen atoms in total. The minimum Gasteiger partial charge on any atom is -0.481 e. The second-order valence-electron chi connectivity index (χ2n) is 5.56. The Kier molecular flexibility index (Phi) is 6.58. The van der Waals surface area contributed by atoms with Crippen molar-refractivity contribution in [1.29, 1.82) is 0 Å². The third kappa shape index (κ3) is 5.60. The van der Waals surface area contributed by atoms with Crippen molar-refractivity contribution >= 4 is 33.5 Å². The highest BCUT2D eigenvalue weighted by atomic mass is 79.9. The standard InChI is InChI=1S/C19H20BrNO4/c1-4-17(22)21-15-5-7-16(8-6-15)25-18(23)11-24-19-12(2)9-14(20)10-13(19)3/h5-10H,4,11H2,1-3H3,(H,21,22). The van der Waals surface area contributed by atoms with Crippen LogP contribution in [0.4, 0.5) is 5.69 Å². The maximum absolute atomic E-state index is 12.0. The van der Waals surface area contributed by atoms with Gasteiger partial charge in [0.25, 0.3) is 0 Å². The fourth-order valence-electron chi connectivity index (χ4n) is 2.27. The first-order valence-electron chi connectivity index (χ1n) is 7.89. The second-order valence-corrected chi connectivity index (χ2v) is 6.47. The molecule has 2 aromatic rings. The average Bonchev–Trinajstić information content (AvgIpc) is 2.55. The van der Waals surface area contributed by atoms with Crippen LogP contribution in [0.15, 0.2) is 40.9 Å². The van der Waals surface area contributed by atoms with Crippen LogP contribution in [-0.2, 0) is 9.59 Å². The third-order valence-corrected chi connectivity index (χ3v) is 3.91. The first kappa shape index (κ1) is 19.0. The van der Waals surface area contributed by atoms with E-state index < -0.39 is 5.97 Å². The zero-order valence-electron chi connectivity index (χ0n) is 14.4. The summed E-state index contributed by atoms with van der Waals surface area (Å²) in [6.45, 7) is 5.43. The summed E-state index contributed by atoms with van der Waals surface area (Å²) >= 11 is 3.42. The van der Waals surface area contributed by atoms with E-state index in [2.05, 4.69) is 21.2 Å². The molecule has 25 heavy (non-hydrogen) atoms. The summed E-state index contributed by atoms with van der Waals surface area (Å²) in [7, 11) is 0. The van der Waals surface area contributed by atoms with Crippen LogP contribution in [0.25, 0.3) is 0 Å². The van der Waals surface area contributed by atoms with Gasteiger partial charge in [0.05, 0.1) is 0 Å². The van der Waals surface area contributed by atoms with Crippen molar-refractivity contribution in [3.05, 3.63) is 52.0 Å². The topological polar surface area (TPSA) is 64.6 Å². The summed E-state index contributed by atoms with van der Waals surface area (Å²) in [5.41, 5.74) is 2.54. The van der Waals surface area contributed by atoms with Crippen LogP contribution in [0.1, 0.15) is 24.5 Å². The van der Waals surface area contributed by atoms with Gasteiger partial charge >= 0.3 is 5.97 Å². The third-order valence-electron chi connectivity index (χ3n) is 3.45. The second kappa shape index (κ2) is 8.67. The predicted octanol–water partition coefficient (Wildman–Crippen LogP) is 4.40. The normalized spacial score (nSPS) is 10.2. The van der Waals surface area contributed by atoms with E-state index in [0.29, 0.717) is 23.6 Å². The number of rotatable bonds is 6. The number of aryl methyl sites for hydroxylation is 2. The van der Waals surface area contributed by atoms with Gasteiger partial charge in [-0.3, -0.25) is 4.79 Å². The summed E-state index contributed by atoms with van der Waals surface area (Å²) in [4.78, 5) is 23.3. The zero-order chi connectivity index (χ0) is 18.4. The molecule has 0 aromatic heterocycles. The van der Waals surface area contributed by atoms with E-state index >= 15 is 0 Å². The smallest absolute Gasteiger partial charge is 0.349 e. The molecule has 0 bridgehead atoms. The van der Waals surface area contributed by atoms with E-state index in [1.54, 1.807) is 31.2 Å². The van der Waals surface area contributed by atoms with Crippen LogP contribution < -0.4 is 14.8 Å². The van der Waals surface area contributed by atoms with E-state index in [9.17, 15) is 9.59 Å². The molecule has 0 unspecified atom stereocenters. The van der Waals surface area contributed by atoms with Crippen molar-refractivity contribution in [2.75, 3.05) is 11.9 Å². The lowest BCUT2D eigenvalue weighted by Crippen LogP contribution is -2.18. The predicted molar refractivity (Wildman–Crippen MR) is 100 cm³/mol. The molecule has 0 aliphatic carbocycles. The lowest BCUT2D eigenvalue weighted by Gasteiger charge is -2.12. The number of carbonyl (C=O) groups is 2. The molecule has 6 heteroatoms. The van der Waals surface area contributed by atoms with Crippen LogP contribution in [0.2, 0.25) is 0 Å². The first-order chi connectivity index (χ1) is 11.9. The first-order valence-corrected chi connectivity index (χ1v) is 8.68. The average molecular weight is 406 g/mol. The maximum atomic E-state index is 12.0. The molecule has 0 fully saturated rings. The number of esters is 1. The molecule has 0 saturated carbocycles. The summed E-state index contributed by atoms with van der Waals surface area (Å²) in [5.74, 6) is 0.510. The molecule has 1 amide bonds. The van der Waals surface area contributed by atoms with Crippen LogP contribution >= 0.6 is 15.9 Å². The number of nitrogens with one attached hydrogen (secondary N) is 1. The number of ether oxygens (including phenoxy) is 2. The van der Waals surface area contributed by atoms with Crippen molar-refractivity contribution in [3.8, 4) is 11.5 Å². The highest BCUT2D eigenvalue weighted by Gasteiger charge is 2.10. The zero-order valence-corrected chi connectivity index (χ0v) is 16.0. The van der Waals surface area contributed by atoms with Crippen molar-refractivity contribution in [3.63, 3.8) is 0 Å². The van der Waals surface area contributed by atoms with Gasteiger partial charge in [-0.1, -0.05) is 22.9 Å². The number of benzene rings is 2. The lowest BCUT2D eigenvalue weighted by molar-refractivity contribution is -0.136.